The minimum Gasteiger partial charge on any atom is -0.343 e. The van der Waals surface area contributed by atoms with Crippen molar-refractivity contribution < 1.29 is 14.4 Å². The number of carbonyl (C=O) groups is 3. The van der Waals surface area contributed by atoms with E-state index in [-0.39, 0.29) is 6.42 Å². The molecule has 7 nitrogen and oxygen atoms in total. The van der Waals surface area contributed by atoms with Gasteiger partial charge in [-0.2, -0.15) is 0 Å². The quantitative estimate of drug-likeness (QED) is 0.206. The van der Waals surface area contributed by atoms with E-state index in [1.165, 1.54) is 0 Å². The number of benzene rings is 4. The SMILES string of the molecule is C[C@@H](N)C(=O)NC(Cc1cccc2ccccc12)C(=O)N[C@H](Cc1cccc2ccccc12)NC=O. The van der Waals surface area contributed by atoms with Crippen molar-refractivity contribution in [3.05, 3.63) is 96.1 Å². The Bertz CT molecular complexity index is 1370. The molecule has 4 rings (SSSR count). The van der Waals surface area contributed by atoms with Gasteiger partial charge in [0.25, 0.3) is 0 Å². The minimum absolute atomic E-state index is 0.272. The topological polar surface area (TPSA) is 113 Å². The Balaban J connectivity index is 1.58. The maximum Gasteiger partial charge on any atom is 0.244 e. The molecule has 3 amide bonds. The number of amides is 3. The van der Waals surface area contributed by atoms with Gasteiger partial charge < -0.3 is 21.7 Å². The van der Waals surface area contributed by atoms with Crippen molar-refractivity contribution in [1.82, 2.24) is 16.0 Å². The highest BCUT2D eigenvalue weighted by Crippen LogP contribution is 2.21. The molecule has 0 spiro atoms. The maximum absolute atomic E-state index is 13.5. The predicted octanol–water partition coefficient (Wildman–Crippen LogP) is 2.80. The van der Waals surface area contributed by atoms with Gasteiger partial charge in [-0.25, -0.2) is 0 Å². The summed E-state index contributed by atoms with van der Waals surface area (Å²) in [5.74, 6) is -0.833. The molecule has 0 heterocycles. The predicted molar refractivity (Wildman–Crippen MR) is 142 cm³/mol. The molecule has 0 saturated heterocycles. The first kappa shape index (κ1) is 24.9. The molecule has 0 saturated carbocycles. The highest BCUT2D eigenvalue weighted by molar-refractivity contribution is 5.92. The van der Waals surface area contributed by atoms with Gasteiger partial charge in [-0.1, -0.05) is 84.9 Å². The van der Waals surface area contributed by atoms with Gasteiger partial charge in [-0.05, 0) is 39.6 Å². The molecule has 36 heavy (non-hydrogen) atoms. The Labute approximate surface area is 210 Å². The molecule has 3 atom stereocenters. The Morgan fingerprint density at radius 1 is 0.750 bits per heavy atom. The van der Waals surface area contributed by atoms with Crippen molar-refractivity contribution in [3.63, 3.8) is 0 Å². The molecule has 0 bridgehead atoms. The molecule has 7 heteroatoms. The van der Waals surface area contributed by atoms with Crippen LogP contribution in [0.1, 0.15) is 18.1 Å². The summed E-state index contributed by atoms with van der Waals surface area (Å²) in [6.07, 6.45) is 0.556. The first-order valence-electron chi connectivity index (χ1n) is 12.0. The summed E-state index contributed by atoms with van der Waals surface area (Å²) in [7, 11) is 0. The van der Waals surface area contributed by atoms with Crippen LogP contribution in [0.4, 0.5) is 0 Å². The van der Waals surface area contributed by atoms with Gasteiger partial charge in [0.15, 0.2) is 0 Å². The van der Waals surface area contributed by atoms with E-state index in [2.05, 4.69) is 16.0 Å². The molecule has 0 aliphatic heterocycles. The van der Waals surface area contributed by atoms with Gasteiger partial charge in [0.1, 0.15) is 12.2 Å². The maximum atomic E-state index is 13.5. The molecule has 1 unspecified atom stereocenters. The molecule has 0 fully saturated rings. The zero-order chi connectivity index (χ0) is 25.5. The Morgan fingerprint density at radius 3 is 1.83 bits per heavy atom. The molecular formula is C29H30N4O3. The van der Waals surface area contributed by atoms with E-state index >= 15 is 0 Å². The number of hydrogen-bond donors (Lipinski definition) is 4. The van der Waals surface area contributed by atoms with Crippen LogP contribution in [0, 0.1) is 0 Å². The van der Waals surface area contributed by atoms with Crippen LogP contribution in [-0.2, 0) is 27.2 Å². The van der Waals surface area contributed by atoms with Crippen molar-refractivity contribution in [3.8, 4) is 0 Å². The number of rotatable bonds is 10. The highest BCUT2D eigenvalue weighted by atomic mass is 16.2. The molecule has 5 N–H and O–H groups in total. The molecule has 0 aliphatic carbocycles. The first-order valence-corrected chi connectivity index (χ1v) is 12.0. The van der Waals surface area contributed by atoms with Gasteiger partial charge in [0.2, 0.25) is 18.2 Å². The molecule has 0 radical (unpaired) electrons. The van der Waals surface area contributed by atoms with Crippen LogP contribution in [0.25, 0.3) is 21.5 Å². The molecule has 0 aromatic heterocycles. The average Bonchev–Trinajstić information content (AvgIpc) is 2.88. The number of fused-ring (bicyclic) bond motifs is 2. The van der Waals surface area contributed by atoms with E-state index in [1.807, 2.05) is 84.9 Å². The van der Waals surface area contributed by atoms with Crippen molar-refractivity contribution in [2.75, 3.05) is 0 Å². The molecule has 0 aliphatic rings. The normalized spacial score (nSPS) is 13.5. The molecular weight excluding hydrogens is 452 g/mol. The van der Waals surface area contributed by atoms with E-state index in [0.29, 0.717) is 12.8 Å². The average molecular weight is 483 g/mol. The summed E-state index contributed by atoms with van der Waals surface area (Å²) < 4.78 is 0. The van der Waals surface area contributed by atoms with Gasteiger partial charge in [0, 0.05) is 12.8 Å². The Kier molecular flexibility index (Phi) is 7.92. The second-order valence-electron chi connectivity index (χ2n) is 8.88. The standard InChI is InChI=1S/C29H30N4O3/c1-19(30)28(35)32-26(16-22-12-6-10-20-8-2-4-14-24(20)22)29(36)33-27(31-18-34)17-23-13-7-11-21-9-3-5-15-25(21)23/h2-15,18-19,26-27H,16-17,30H2,1H3,(H,31,34)(H,32,35)(H,33,36)/t19-,26?,27-/m1/s1. The van der Waals surface area contributed by atoms with Crippen LogP contribution in [0.15, 0.2) is 84.9 Å². The van der Waals surface area contributed by atoms with Crippen molar-refractivity contribution in [2.45, 2.75) is 38.0 Å². The lowest BCUT2D eigenvalue weighted by atomic mass is 9.97. The molecule has 4 aromatic carbocycles. The van der Waals surface area contributed by atoms with Crippen LogP contribution in [-0.4, -0.2) is 36.5 Å². The van der Waals surface area contributed by atoms with Gasteiger partial charge >= 0.3 is 0 Å². The van der Waals surface area contributed by atoms with E-state index < -0.39 is 30.1 Å². The second kappa shape index (κ2) is 11.5. The smallest absolute Gasteiger partial charge is 0.244 e. The van der Waals surface area contributed by atoms with Crippen molar-refractivity contribution in [1.29, 1.82) is 0 Å². The van der Waals surface area contributed by atoms with Gasteiger partial charge in [0.05, 0.1) is 6.04 Å². The van der Waals surface area contributed by atoms with Crippen LogP contribution in [0.3, 0.4) is 0 Å². The van der Waals surface area contributed by atoms with Crippen LogP contribution in [0.2, 0.25) is 0 Å². The summed E-state index contributed by atoms with van der Waals surface area (Å²) in [5, 5.41) is 12.6. The summed E-state index contributed by atoms with van der Waals surface area (Å²) in [6.45, 7) is 1.57. The van der Waals surface area contributed by atoms with Crippen molar-refractivity contribution in [2.24, 2.45) is 5.73 Å². The van der Waals surface area contributed by atoms with Crippen molar-refractivity contribution >= 4 is 39.8 Å². The minimum atomic E-state index is -0.877. The second-order valence-corrected chi connectivity index (χ2v) is 8.88. The van der Waals surface area contributed by atoms with Crippen LogP contribution >= 0.6 is 0 Å². The van der Waals surface area contributed by atoms with Crippen LogP contribution < -0.4 is 21.7 Å². The zero-order valence-electron chi connectivity index (χ0n) is 20.1. The number of hydrogen-bond acceptors (Lipinski definition) is 4. The summed E-state index contributed by atoms with van der Waals surface area (Å²) in [5.41, 5.74) is 7.68. The Hall–Kier alpha value is -4.23. The summed E-state index contributed by atoms with van der Waals surface area (Å²) in [6, 6.07) is 26.0. The third-order valence-electron chi connectivity index (χ3n) is 6.24. The largest absolute Gasteiger partial charge is 0.343 e. The summed E-state index contributed by atoms with van der Waals surface area (Å²) in [4.78, 5) is 37.3. The number of carbonyl (C=O) groups excluding carboxylic acids is 3. The lowest BCUT2D eigenvalue weighted by Crippen LogP contribution is -2.56. The first-order chi connectivity index (χ1) is 17.5. The fraction of sp³-hybridized carbons (Fsp3) is 0.207. The van der Waals surface area contributed by atoms with E-state index in [9.17, 15) is 14.4 Å². The number of nitrogens with two attached hydrogens (primary N) is 1. The molecule has 4 aromatic rings. The highest BCUT2D eigenvalue weighted by Gasteiger charge is 2.25. The lowest BCUT2D eigenvalue weighted by molar-refractivity contribution is -0.130. The fourth-order valence-corrected chi connectivity index (χ4v) is 4.40. The van der Waals surface area contributed by atoms with Crippen LogP contribution in [0.5, 0.6) is 0 Å². The zero-order valence-corrected chi connectivity index (χ0v) is 20.1. The lowest BCUT2D eigenvalue weighted by Gasteiger charge is -2.24. The van der Waals surface area contributed by atoms with Gasteiger partial charge in [-0.3, -0.25) is 14.4 Å². The fourth-order valence-electron chi connectivity index (χ4n) is 4.40. The summed E-state index contributed by atoms with van der Waals surface area (Å²) >= 11 is 0. The van der Waals surface area contributed by atoms with E-state index in [1.54, 1.807) is 6.92 Å². The van der Waals surface area contributed by atoms with E-state index in [0.717, 1.165) is 32.7 Å². The Morgan fingerprint density at radius 2 is 1.28 bits per heavy atom. The number of nitrogens with one attached hydrogen (secondary N) is 3. The molecule has 184 valence electrons. The third kappa shape index (κ3) is 5.87. The monoisotopic (exact) mass is 482 g/mol. The van der Waals surface area contributed by atoms with E-state index in [4.69, 9.17) is 5.73 Å². The van der Waals surface area contributed by atoms with Gasteiger partial charge in [-0.15, -0.1) is 0 Å². The third-order valence-corrected chi connectivity index (χ3v) is 6.24.